The van der Waals surface area contributed by atoms with Crippen molar-refractivity contribution >= 4 is 38.3 Å². The number of allylic oxidation sites excluding steroid dienone is 4. The summed E-state index contributed by atoms with van der Waals surface area (Å²) in [6.07, 6.45) is 8.64. The predicted octanol–water partition coefficient (Wildman–Crippen LogP) is 11.4. The summed E-state index contributed by atoms with van der Waals surface area (Å²) in [5.41, 5.74) is 22.0. The smallest absolute Gasteiger partial charge is 0.0855 e. The third-order valence-corrected chi connectivity index (χ3v) is 11.8. The Morgan fingerprint density at radius 1 is 0.545 bits per heavy atom. The van der Waals surface area contributed by atoms with E-state index in [1.807, 2.05) is 18.2 Å². The quantitative estimate of drug-likeness (QED) is 0.130. The van der Waals surface area contributed by atoms with Crippen LogP contribution < -0.4 is 16.4 Å². The number of rotatable bonds is 9. The first-order chi connectivity index (χ1) is 27.1. The average molecular weight is 716 g/mol. The summed E-state index contributed by atoms with van der Waals surface area (Å²) in [5, 5.41) is 11.5. The SMILES string of the molecule is CC(NC(NC(N)c1ccccc1)c1cccc(-n2c3ccccc3c3cc4c5c(n(-c6ccccc6)c4cc32)C2=C(CCC=C2)CC5)c1)c1ccccc1. The average Bonchev–Trinajstić information content (AvgIpc) is 3.75. The Hall–Kier alpha value is -5.98. The van der Waals surface area contributed by atoms with E-state index in [4.69, 9.17) is 5.73 Å². The van der Waals surface area contributed by atoms with Crippen molar-refractivity contribution < 1.29 is 0 Å². The van der Waals surface area contributed by atoms with E-state index >= 15 is 0 Å². The maximum atomic E-state index is 6.86. The molecule has 3 atom stereocenters. The van der Waals surface area contributed by atoms with Gasteiger partial charge in [-0.05, 0) is 103 Å². The molecule has 0 radical (unpaired) electrons. The zero-order valence-corrected chi connectivity index (χ0v) is 31.1. The van der Waals surface area contributed by atoms with Crippen LogP contribution >= 0.6 is 0 Å². The van der Waals surface area contributed by atoms with Crippen molar-refractivity contribution in [2.24, 2.45) is 5.73 Å². The van der Waals surface area contributed by atoms with E-state index < -0.39 is 0 Å². The molecule has 5 nitrogen and oxygen atoms in total. The van der Waals surface area contributed by atoms with Crippen molar-refractivity contribution in [1.82, 2.24) is 19.8 Å². The zero-order valence-electron chi connectivity index (χ0n) is 31.1. The van der Waals surface area contributed by atoms with Crippen LogP contribution in [0.1, 0.15) is 72.5 Å². The fourth-order valence-corrected chi connectivity index (χ4v) is 9.07. The molecule has 6 aromatic carbocycles. The van der Waals surface area contributed by atoms with Gasteiger partial charge in [-0.15, -0.1) is 0 Å². The number of aryl methyl sites for hydroxylation is 1. The number of nitrogens with two attached hydrogens (primary N) is 1. The van der Waals surface area contributed by atoms with Crippen molar-refractivity contribution in [3.8, 4) is 11.4 Å². The lowest BCUT2D eigenvalue weighted by Gasteiger charge is -2.29. The molecule has 2 heterocycles. The number of fused-ring (bicyclic) bond motifs is 7. The van der Waals surface area contributed by atoms with Crippen LogP contribution in [-0.2, 0) is 6.42 Å². The first kappa shape index (κ1) is 33.6. The number of hydrogen-bond acceptors (Lipinski definition) is 3. The van der Waals surface area contributed by atoms with Crippen molar-refractivity contribution in [3.63, 3.8) is 0 Å². The molecule has 0 bridgehead atoms. The summed E-state index contributed by atoms with van der Waals surface area (Å²) in [7, 11) is 0. The number of benzene rings is 6. The van der Waals surface area contributed by atoms with Gasteiger partial charge >= 0.3 is 0 Å². The number of hydrogen-bond donors (Lipinski definition) is 3. The molecule has 0 saturated carbocycles. The summed E-state index contributed by atoms with van der Waals surface area (Å²) >= 11 is 0. The van der Waals surface area contributed by atoms with Gasteiger partial charge in [0, 0.05) is 33.6 Å². The molecule has 2 aromatic heterocycles. The molecule has 2 aliphatic rings. The summed E-state index contributed by atoms with van der Waals surface area (Å²) in [5.74, 6) is 0. The van der Waals surface area contributed by atoms with Crippen LogP contribution in [0.5, 0.6) is 0 Å². The van der Waals surface area contributed by atoms with Crippen LogP contribution in [0.2, 0.25) is 0 Å². The van der Waals surface area contributed by atoms with E-state index in [1.165, 1.54) is 60.8 Å². The van der Waals surface area contributed by atoms with Gasteiger partial charge in [-0.2, -0.15) is 0 Å². The maximum Gasteiger partial charge on any atom is 0.0855 e. The monoisotopic (exact) mass is 715 g/mol. The van der Waals surface area contributed by atoms with E-state index in [0.29, 0.717) is 0 Å². The first-order valence-electron chi connectivity index (χ1n) is 19.6. The predicted molar refractivity (Wildman–Crippen MR) is 228 cm³/mol. The normalized spacial score (nSPS) is 15.7. The van der Waals surface area contributed by atoms with Crippen molar-refractivity contribution in [2.45, 2.75) is 51.0 Å². The number of nitrogens with one attached hydrogen (secondary N) is 2. The molecule has 3 unspecified atom stereocenters. The Balaban J connectivity index is 1.16. The first-order valence-corrected chi connectivity index (χ1v) is 19.6. The minimum absolute atomic E-state index is 0.0818. The molecule has 4 N–H and O–H groups in total. The second-order valence-electron chi connectivity index (χ2n) is 15.1. The van der Waals surface area contributed by atoms with Gasteiger partial charge < -0.3 is 14.9 Å². The minimum Gasteiger partial charge on any atom is -0.312 e. The lowest BCUT2D eigenvalue weighted by molar-refractivity contribution is 0.356. The van der Waals surface area contributed by atoms with E-state index in [2.05, 4.69) is 172 Å². The molecule has 0 amide bonds. The third-order valence-electron chi connectivity index (χ3n) is 11.8. The lowest BCUT2D eigenvalue weighted by atomic mass is 9.84. The molecule has 0 fully saturated rings. The Morgan fingerprint density at radius 2 is 1.22 bits per heavy atom. The molecule has 5 heteroatoms. The number of para-hydroxylation sites is 2. The van der Waals surface area contributed by atoms with Gasteiger partial charge in [0.1, 0.15) is 0 Å². The van der Waals surface area contributed by atoms with Crippen molar-refractivity contribution in [1.29, 1.82) is 0 Å². The van der Waals surface area contributed by atoms with Crippen LogP contribution in [0.25, 0.3) is 49.7 Å². The van der Waals surface area contributed by atoms with Crippen LogP contribution in [0.15, 0.2) is 169 Å². The summed E-state index contributed by atoms with van der Waals surface area (Å²) in [6, 6.07) is 54.6. The Labute approximate surface area is 322 Å². The molecule has 55 heavy (non-hydrogen) atoms. The summed E-state index contributed by atoms with van der Waals surface area (Å²) < 4.78 is 4.99. The number of nitrogens with zero attached hydrogens (tertiary/aromatic N) is 2. The Bertz CT molecular complexity index is 2690. The Kier molecular flexibility index (Phi) is 8.56. The highest BCUT2D eigenvalue weighted by atomic mass is 15.2. The van der Waals surface area contributed by atoms with Crippen LogP contribution in [0.4, 0.5) is 0 Å². The standard InChI is InChI=1S/C50H45N5/c1-33(34-16-5-2-6-17-34)52-50(53-49(51)36-19-7-3-8-20-36)37-21-15-24-39(30-37)54-45-27-14-13-26-41(45)43-31-44-42-29-28-35-18-11-12-25-40(35)48(42)55(47(44)32-46(43)54)38-22-9-4-10-23-38/h2-10,12-17,19-27,30-33,49-50,52-53H,11,18,28-29,51H2,1H3. The lowest BCUT2D eigenvalue weighted by Crippen LogP contribution is -2.41. The molecule has 2 aliphatic carbocycles. The fourth-order valence-electron chi connectivity index (χ4n) is 9.07. The third kappa shape index (κ3) is 5.92. The van der Waals surface area contributed by atoms with Gasteiger partial charge in [0.25, 0.3) is 0 Å². The molecule has 0 saturated heterocycles. The topological polar surface area (TPSA) is 59.9 Å². The van der Waals surface area contributed by atoms with Crippen molar-refractivity contribution in [2.75, 3.05) is 0 Å². The molecular formula is C50H45N5. The zero-order chi connectivity index (χ0) is 36.9. The molecule has 10 rings (SSSR count). The molecule has 8 aromatic rings. The van der Waals surface area contributed by atoms with Gasteiger partial charge in [-0.1, -0.05) is 127 Å². The molecule has 0 spiro atoms. The van der Waals surface area contributed by atoms with Gasteiger partial charge in [0.05, 0.1) is 34.6 Å². The summed E-state index contributed by atoms with van der Waals surface area (Å²) in [6.45, 7) is 2.21. The second-order valence-corrected chi connectivity index (χ2v) is 15.1. The van der Waals surface area contributed by atoms with Crippen molar-refractivity contribution in [3.05, 3.63) is 197 Å². The Morgan fingerprint density at radius 3 is 2.02 bits per heavy atom. The van der Waals surface area contributed by atoms with Gasteiger partial charge in [0.2, 0.25) is 0 Å². The molecular weight excluding hydrogens is 671 g/mol. The summed E-state index contributed by atoms with van der Waals surface area (Å²) in [4.78, 5) is 0. The molecule has 270 valence electrons. The van der Waals surface area contributed by atoms with Gasteiger partial charge in [0.15, 0.2) is 0 Å². The fraction of sp³-hybridized carbons (Fsp3) is 0.160. The van der Waals surface area contributed by atoms with Crippen LogP contribution in [0, 0.1) is 0 Å². The van der Waals surface area contributed by atoms with E-state index in [0.717, 1.165) is 42.5 Å². The van der Waals surface area contributed by atoms with E-state index in [9.17, 15) is 0 Å². The molecule has 0 aliphatic heterocycles. The van der Waals surface area contributed by atoms with E-state index in [-0.39, 0.29) is 18.4 Å². The maximum absolute atomic E-state index is 6.86. The second kappa shape index (κ2) is 14.0. The number of aromatic nitrogens is 2. The van der Waals surface area contributed by atoms with Gasteiger partial charge in [-0.25, -0.2) is 0 Å². The highest BCUT2D eigenvalue weighted by Gasteiger charge is 2.28. The highest BCUT2D eigenvalue weighted by molar-refractivity contribution is 6.14. The highest BCUT2D eigenvalue weighted by Crippen LogP contribution is 2.45. The van der Waals surface area contributed by atoms with Gasteiger partial charge in [-0.3, -0.25) is 10.6 Å². The van der Waals surface area contributed by atoms with E-state index in [1.54, 1.807) is 5.57 Å². The largest absolute Gasteiger partial charge is 0.312 e. The minimum atomic E-state index is -0.363. The van der Waals surface area contributed by atoms with Crippen LogP contribution in [-0.4, -0.2) is 9.13 Å². The van der Waals surface area contributed by atoms with Crippen LogP contribution in [0.3, 0.4) is 0 Å².